The van der Waals surface area contributed by atoms with Crippen LogP contribution < -0.4 is 5.32 Å². The van der Waals surface area contributed by atoms with Crippen LogP contribution in [-0.2, 0) is 35.2 Å². The number of nitrogens with zero attached hydrogens (tertiary/aromatic N) is 1. The highest BCUT2D eigenvalue weighted by Gasteiger charge is 2.36. The zero-order valence-electron chi connectivity index (χ0n) is 19.8. The predicted molar refractivity (Wildman–Crippen MR) is 135 cm³/mol. The summed E-state index contributed by atoms with van der Waals surface area (Å²) in [6, 6.07) is 13.4. The molecule has 182 valence electrons. The molecular weight excluding hydrogens is 463 g/mol. The number of hydrogen-bond donors (Lipinski definition) is 1. The number of nitrogens with one attached hydrogen (secondary N) is 1. The predicted octanol–water partition coefficient (Wildman–Crippen LogP) is 6.05. The highest BCUT2D eigenvalue weighted by atomic mass is 32.1. The number of aryl methyl sites for hydroxylation is 1. The summed E-state index contributed by atoms with van der Waals surface area (Å²) in [7, 11) is 0. The van der Waals surface area contributed by atoms with Gasteiger partial charge in [-0.1, -0.05) is 24.3 Å². The maximum atomic E-state index is 13.7. The Bertz CT molecular complexity index is 1220. The van der Waals surface area contributed by atoms with Crippen LogP contribution in [0.15, 0.2) is 48.5 Å². The van der Waals surface area contributed by atoms with Crippen LogP contribution in [0.3, 0.4) is 0 Å². The van der Waals surface area contributed by atoms with E-state index in [-0.39, 0.29) is 30.3 Å². The molecule has 2 amide bonds. The highest BCUT2D eigenvalue weighted by molar-refractivity contribution is 7.12. The van der Waals surface area contributed by atoms with E-state index in [1.54, 1.807) is 31.2 Å². The normalized spacial score (nSPS) is 16.9. The molecule has 2 aromatic carbocycles. The van der Waals surface area contributed by atoms with Crippen LogP contribution in [0, 0.1) is 5.82 Å². The minimum atomic E-state index is -0.283. The van der Waals surface area contributed by atoms with E-state index in [4.69, 9.17) is 4.74 Å². The van der Waals surface area contributed by atoms with Crippen LogP contribution in [0.2, 0.25) is 0 Å². The molecule has 1 atom stereocenters. The quantitative estimate of drug-likeness (QED) is 0.441. The van der Waals surface area contributed by atoms with E-state index in [0.29, 0.717) is 18.8 Å². The fraction of sp³-hybridized carbons (Fsp3) is 0.357. The minimum absolute atomic E-state index is 0.186. The second-order valence-corrected chi connectivity index (χ2v) is 10.2. The van der Waals surface area contributed by atoms with Gasteiger partial charge in [-0.3, -0.25) is 4.79 Å². The first-order chi connectivity index (χ1) is 17.0. The fourth-order valence-corrected chi connectivity index (χ4v) is 6.71. The van der Waals surface area contributed by atoms with Crippen molar-refractivity contribution in [3.05, 3.63) is 86.4 Å². The lowest BCUT2D eigenvalue weighted by Crippen LogP contribution is -2.42. The number of carbonyl (C=O) groups is 2. The molecule has 2 aliphatic rings. The molecule has 1 aliphatic heterocycles. The summed E-state index contributed by atoms with van der Waals surface area (Å²) in [6.07, 6.45) is 5.68. The standard InChI is InChI=1S/C28H29FN2O3S/c1-2-34-25(32)17-18-7-13-21(14-8-18)30-28(33)31-16-15-23-22-5-3-4-6-24(22)35-27(23)26(31)19-9-11-20(29)12-10-19/h7-14,26H,2-6,15-17H2,1H3,(H,30,33)/t26-/m0/s1. The molecule has 0 radical (unpaired) electrons. The maximum Gasteiger partial charge on any atom is 0.322 e. The number of thiophene rings is 1. The number of hydrogen-bond acceptors (Lipinski definition) is 4. The molecule has 0 saturated carbocycles. The Hall–Kier alpha value is -3.19. The lowest BCUT2D eigenvalue weighted by molar-refractivity contribution is -0.142. The molecule has 0 bridgehead atoms. The van der Waals surface area contributed by atoms with E-state index in [9.17, 15) is 14.0 Å². The van der Waals surface area contributed by atoms with Crippen LogP contribution in [0.1, 0.15) is 57.8 Å². The lowest BCUT2D eigenvalue weighted by atomic mass is 9.88. The van der Waals surface area contributed by atoms with Crippen LogP contribution in [0.25, 0.3) is 0 Å². The first kappa shape index (κ1) is 23.5. The smallest absolute Gasteiger partial charge is 0.322 e. The van der Waals surface area contributed by atoms with E-state index in [2.05, 4.69) is 5.32 Å². The summed E-state index contributed by atoms with van der Waals surface area (Å²) in [5, 5.41) is 3.02. The summed E-state index contributed by atoms with van der Waals surface area (Å²) in [4.78, 5) is 29.8. The number of ether oxygens (including phenoxy) is 1. The van der Waals surface area contributed by atoms with Crippen LogP contribution in [-0.4, -0.2) is 30.1 Å². The molecule has 1 N–H and O–H groups in total. The molecule has 3 aromatic rings. The van der Waals surface area contributed by atoms with Gasteiger partial charge in [0.15, 0.2) is 0 Å². The molecular formula is C28H29FN2O3S. The summed E-state index contributed by atoms with van der Waals surface area (Å²) in [6.45, 7) is 2.74. The Morgan fingerprint density at radius 2 is 1.77 bits per heavy atom. The summed E-state index contributed by atoms with van der Waals surface area (Å²) in [5.74, 6) is -0.552. The average Bonchev–Trinajstić information content (AvgIpc) is 3.24. The lowest BCUT2D eigenvalue weighted by Gasteiger charge is -2.36. The summed E-state index contributed by atoms with van der Waals surface area (Å²) in [5.41, 5.74) is 5.30. The maximum absolute atomic E-state index is 13.7. The number of esters is 1. The molecule has 2 heterocycles. The first-order valence-electron chi connectivity index (χ1n) is 12.2. The van der Waals surface area contributed by atoms with Gasteiger partial charge in [-0.2, -0.15) is 0 Å². The Kier molecular flexibility index (Phi) is 6.86. The van der Waals surface area contributed by atoms with E-state index in [1.165, 1.54) is 45.9 Å². The number of benzene rings is 2. The number of fused-ring (bicyclic) bond motifs is 3. The SMILES string of the molecule is CCOC(=O)Cc1ccc(NC(=O)N2CCc3c(sc4c3CCCC4)[C@@H]2c2ccc(F)cc2)cc1. The van der Waals surface area contributed by atoms with Crippen LogP contribution in [0.4, 0.5) is 14.9 Å². The summed E-state index contributed by atoms with van der Waals surface area (Å²) < 4.78 is 18.7. The number of carbonyl (C=O) groups excluding carboxylic acids is 2. The van der Waals surface area contributed by atoms with Crippen LogP contribution in [0.5, 0.6) is 0 Å². The number of amides is 2. The molecule has 7 heteroatoms. The molecule has 0 spiro atoms. The van der Waals surface area contributed by atoms with Gasteiger partial charge in [-0.15, -0.1) is 11.3 Å². The van der Waals surface area contributed by atoms with Crippen molar-refractivity contribution in [2.24, 2.45) is 0 Å². The Morgan fingerprint density at radius 3 is 2.51 bits per heavy atom. The van der Waals surface area contributed by atoms with Crippen molar-refractivity contribution in [1.82, 2.24) is 4.90 Å². The van der Waals surface area contributed by atoms with Crippen molar-refractivity contribution < 1.29 is 18.7 Å². The molecule has 5 rings (SSSR count). The van der Waals surface area contributed by atoms with Gasteiger partial charge in [-0.25, -0.2) is 9.18 Å². The number of anilines is 1. The van der Waals surface area contributed by atoms with Gasteiger partial charge < -0.3 is 15.0 Å². The van der Waals surface area contributed by atoms with Crippen molar-refractivity contribution in [2.45, 2.75) is 51.5 Å². The van der Waals surface area contributed by atoms with E-state index < -0.39 is 0 Å². The third kappa shape index (κ3) is 4.96. The van der Waals surface area contributed by atoms with Gasteiger partial charge >= 0.3 is 12.0 Å². The van der Waals surface area contributed by atoms with E-state index in [1.807, 2.05) is 28.4 Å². The Labute approximate surface area is 208 Å². The van der Waals surface area contributed by atoms with Crippen molar-refractivity contribution in [3.8, 4) is 0 Å². The molecule has 5 nitrogen and oxygen atoms in total. The van der Waals surface area contributed by atoms with Crippen LogP contribution >= 0.6 is 11.3 Å². The molecule has 0 unspecified atom stereocenters. The number of halogens is 1. The van der Waals surface area contributed by atoms with Crippen molar-refractivity contribution in [2.75, 3.05) is 18.5 Å². The topological polar surface area (TPSA) is 58.6 Å². The molecule has 1 aromatic heterocycles. The second kappa shape index (κ2) is 10.2. The third-order valence-corrected chi connectivity index (χ3v) is 8.17. The fourth-order valence-electron chi connectivity index (χ4n) is 5.13. The van der Waals surface area contributed by atoms with Crippen molar-refractivity contribution >= 4 is 29.0 Å². The van der Waals surface area contributed by atoms with Crippen molar-refractivity contribution in [3.63, 3.8) is 0 Å². The monoisotopic (exact) mass is 492 g/mol. The van der Waals surface area contributed by atoms with Gasteiger partial charge in [0.2, 0.25) is 0 Å². The third-order valence-electron chi connectivity index (χ3n) is 6.78. The Balaban J connectivity index is 1.40. The van der Waals surface area contributed by atoms with Crippen molar-refractivity contribution in [1.29, 1.82) is 0 Å². The number of rotatable bonds is 5. The Morgan fingerprint density at radius 1 is 1.03 bits per heavy atom. The molecule has 1 aliphatic carbocycles. The molecule has 0 fully saturated rings. The van der Waals surface area contributed by atoms with Gasteiger partial charge in [0.1, 0.15) is 5.82 Å². The van der Waals surface area contributed by atoms with Gasteiger partial charge in [0.05, 0.1) is 19.1 Å². The van der Waals surface area contributed by atoms with E-state index in [0.717, 1.165) is 30.4 Å². The minimum Gasteiger partial charge on any atom is -0.466 e. The highest BCUT2D eigenvalue weighted by Crippen LogP contribution is 2.45. The first-order valence-corrected chi connectivity index (χ1v) is 13.1. The van der Waals surface area contributed by atoms with Gasteiger partial charge in [-0.05, 0) is 85.5 Å². The zero-order valence-corrected chi connectivity index (χ0v) is 20.6. The number of urea groups is 1. The summed E-state index contributed by atoms with van der Waals surface area (Å²) >= 11 is 1.82. The largest absolute Gasteiger partial charge is 0.466 e. The molecule has 35 heavy (non-hydrogen) atoms. The van der Waals surface area contributed by atoms with Gasteiger partial charge in [0.25, 0.3) is 0 Å². The average molecular weight is 493 g/mol. The molecule has 0 saturated heterocycles. The second-order valence-electron chi connectivity index (χ2n) is 9.06. The van der Waals surface area contributed by atoms with Gasteiger partial charge in [0, 0.05) is 22.0 Å². The zero-order chi connectivity index (χ0) is 24.4. The van der Waals surface area contributed by atoms with E-state index >= 15 is 0 Å².